The first-order valence-corrected chi connectivity index (χ1v) is 5.08. The Morgan fingerprint density at radius 1 is 1.38 bits per heavy atom. The van der Waals surface area contributed by atoms with E-state index >= 15 is 0 Å². The van der Waals surface area contributed by atoms with E-state index in [2.05, 4.69) is 15.9 Å². The standard InChI is InChI=1S/C8H7BrCl2O2/c9-6-3-5(13-2-1-12)4-7(10)8(6)11/h3-4,12H,1-2H2. The normalized spacial score (nSPS) is 10.2. The molecule has 0 unspecified atom stereocenters. The lowest BCUT2D eigenvalue weighted by atomic mass is 10.3. The average Bonchev–Trinajstić information content (AvgIpc) is 2.10. The zero-order chi connectivity index (χ0) is 9.84. The number of aliphatic hydroxyl groups is 1. The number of rotatable bonds is 3. The van der Waals surface area contributed by atoms with Gasteiger partial charge in [-0.3, -0.25) is 0 Å². The second-order valence-electron chi connectivity index (χ2n) is 2.27. The number of hydrogen-bond donors (Lipinski definition) is 1. The Hall–Kier alpha value is 0.0400. The molecular formula is C8H7BrCl2O2. The lowest BCUT2D eigenvalue weighted by Crippen LogP contribution is -2.01. The molecule has 2 nitrogen and oxygen atoms in total. The van der Waals surface area contributed by atoms with Gasteiger partial charge in [-0.2, -0.15) is 0 Å². The summed E-state index contributed by atoms with van der Waals surface area (Å²) in [7, 11) is 0. The minimum Gasteiger partial charge on any atom is -0.491 e. The molecule has 0 aliphatic carbocycles. The van der Waals surface area contributed by atoms with Gasteiger partial charge in [-0.05, 0) is 22.0 Å². The molecular weight excluding hydrogens is 279 g/mol. The zero-order valence-corrected chi connectivity index (χ0v) is 9.66. The number of aliphatic hydroxyl groups excluding tert-OH is 1. The molecule has 0 aromatic heterocycles. The third-order valence-electron chi connectivity index (χ3n) is 1.32. The fourth-order valence-electron chi connectivity index (χ4n) is 0.779. The van der Waals surface area contributed by atoms with Crippen LogP contribution in [-0.2, 0) is 0 Å². The predicted molar refractivity (Wildman–Crippen MR) is 56.7 cm³/mol. The fraction of sp³-hybridized carbons (Fsp3) is 0.250. The van der Waals surface area contributed by atoms with Crippen molar-refractivity contribution < 1.29 is 9.84 Å². The molecule has 0 heterocycles. The minimum absolute atomic E-state index is 0.0299. The van der Waals surface area contributed by atoms with Gasteiger partial charge in [-0.1, -0.05) is 23.2 Å². The Bertz CT molecular complexity index is 281. The van der Waals surface area contributed by atoms with Gasteiger partial charge < -0.3 is 9.84 Å². The van der Waals surface area contributed by atoms with E-state index in [0.29, 0.717) is 20.3 Å². The first-order chi connectivity index (χ1) is 6.15. The monoisotopic (exact) mass is 284 g/mol. The van der Waals surface area contributed by atoms with E-state index in [1.807, 2.05) is 0 Å². The van der Waals surface area contributed by atoms with Crippen LogP contribution in [0, 0.1) is 0 Å². The molecule has 1 aromatic rings. The summed E-state index contributed by atoms with van der Waals surface area (Å²) in [6.07, 6.45) is 0. The number of halogens is 3. The second-order valence-corrected chi connectivity index (χ2v) is 3.91. The number of ether oxygens (including phenoxy) is 1. The van der Waals surface area contributed by atoms with E-state index in [1.54, 1.807) is 12.1 Å². The van der Waals surface area contributed by atoms with Gasteiger partial charge in [0.15, 0.2) is 0 Å². The molecule has 0 amide bonds. The average molecular weight is 286 g/mol. The van der Waals surface area contributed by atoms with E-state index < -0.39 is 0 Å². The van der Waals surface area contributed by atoms with E-state index in [-0.39, 0.29) is 13.2 Å². The van der Waals surface area contributed by atoms with Gasteiger partial charge >= 0.3 is 0 Å². The van der Waals surface area contributed by atoms with E-state index in [0.717, 1.165) is 0 Å². The van der Waals surface area contributed by atoms with Crippen LogP contribution in [0.2, 0.25) is 10.0 Å². The third-order valence-corrected chi connectivity index (χ3v) is 2.97. The van der Waals surface area contributed by atoms with Crippen molar-refractivity contribution in [3.05, 3.63) is 26.7 Å². The van der Waals surface area contributed by atoms with Crippen molar-refractivity contribution in [2.45, 2.75) is 0 Å². The molecule has 0 bridgehead atoms. The predicted octanol–water partition coefficient (Wildman–Crippen LogP) is 3.13. The van der Waals surface area contributed by atoms with Gasteiger partial charge in [0.25, 0.3) is 0 Å². The van der Waals surface area contributed by atoms with Gasteiger partial charge in [0.2, 0.25) is 0 Å². The summed E-state index contributed by atoms with van der Waals surface area (Å²) in [6.45, 7) is 0.211. The molecule has 72 valence electrons. The van der Waals surface area contributed by atoms with Crippen molar-refractivity contribution in [1.82, 2.24) is 0 Å². The summed E-state index contributed by atoms with van der Waals surface area (Å²) in [5, 5.41) is 9.40. The number of benzene rings is 1. The molecule has 1 N–H and O–H groups in total. The Kier molecular flexibility index (Phi) is 4.32. The van der Waals surface area contributed by atoms with Gasteiger partial charge in [-0.15, -0.1) is 0 Å². The first kappa shape index (κ1) is 11.1. The van der Waals surface area contributed by atoms with Crippen molar-refractivity contribution in [3.8, 4) is 5.75 Å². The topological polar surface area (TPSA) is 29.5 Å². The molecule has 0 spiro atoms. The lowest BCUT2D eigenvalue weighted by molar-refractivity contribution is 0.201. The molecule has 0 aliphatic rings. The van der Waals surface area contributed by atoms with E-state index in [4.69, 9.17) is 33.0 Å². The van der Waals surface area contributed by atoms with Crippen LogP contribution < -0.4 is 4.74 Å². The van der Waals surface area contributed by atoms with Crippen LogP contribution in [0.5, 0.6) is 5.75 Å². The highest BCUT2D eigenvalue weighted by atomic mass is 79.9. The summed E-state index contributed by atoms with van der Waals surface area (Å²) in [5.74, 6) is 0.579. The molecule has 0 fully saturated rings. The Morgan fingerprint density at radius 2 is 2.08 bits per heavy atom. The minimum atomic E-state index is -0.0299. The largest absolute Gasteiger partial charge is 0.491 e. The van der Waals surface area contributed by atoms with E-state index in [1.165, 1.54) is 0 Å². The Balaban J connectivity index is 2.86. The highest BCUT2D eigenvalue weighted by Gasteiger charge is 2.05. The zero-order valence-electron chi connectivity index (χ0n) is 6.56. The Labute approximate surface area is 94.5 Å². The van der Waals surface area contributed by atoms with Crippen LogP contribution in [0.3, 0.4) is 0 Å². The smallest absolute Gasteiger partial charge is 0.122 e. The second kappa shape index (κ2) is 5.05. The quantitative estimate of drug-likeness (QED) is 0.865. The summed E-state index contributed by atoms with van der Waals surface area (Å²) in [5.41, 5.74) is 0. The van der Waals surface area contributed by atoms with Crippen molar-refractivity contribution in [3.63, 3.8) is 0 Å². The van der Waals surface area contributed by atoms with Crippen LogP contribution in [-0.4, -0.2) is 18.3 Å². The Morgan fingerprint density at radius 3 is 2.62 bits per heavy atom. The molecule has 0 aliphatic heterocycles. The SMILES string of the molecule is OCCOc1cc(Cl)c(Cl)c(Br)c1. The fourth-order valence-corrected chi connectivity index (χ4v) is 1.65. The van der Waals surface area contributed by atoms with E-state index in [9.17, 15) is 0 Å². The maximum Gasteiger partial charge on any atom is 0.122 e. The van der Waals surface area contributed by atoms with Crippen LogP contribution in [0.1, 0.15) is 0 Å². The van der Waals surface area contributed by atoms with Crippen molar-refractivity contribution in [2.75, 3.05) is 13.2 Å². The molecule has 1 aromatic carbocycles. The molecule has 0 saturated carbocycles. The maximum absolute atomic E-state index is 8.52. The van der Waals surface area contributed by atoms with Crippen molar-refractivity contribution in [2.24, 2.45) is 0 Å². The summed E-state index contributed by atoms with van der Waals surface area (Å²) in [6, 6.07) is 3.30. The van der Waals surface area contributed by atoms with Crippen LogP contribution >= 0.6 is 39.1 Å². The van der Waals surface area contributed by atoms with Gasteiger partial charge in [0.1, 0.15) is 12.4 Å². The molecule has 0 atom stereocenters. The van der Waals surface area contributed by atoms with Crippen LogP contribution in [0.4, 0.5) is 0 Å². The molecule has 5 heteroatoms. The van der Waals surface area contributed by atoms with Crippen LogP contribution in [0.15, 0.2) is 16.6 Å². The highest BCUT2D eigenvalue weighted by molar-refractivity contribution is 9.10. The van der Waals surface area contributed by atoms with Gasteiger partial charge in [0.05, 0.1) is 16.7 Å². The summed E-state index contributed by atoms with van der Waals surface area (Å²) in [4.78, 5) is 0. The summed E-state index contributed by atoms with van der Waals surface area (Å²) >= 11 is 14.8. The van der Waals surface area contributed by atoms with Crippen LogP contribution in [0.25, 0.3) is 0 Å². The lowest BCUT2D eigenvalue weighted by Gasteiger charge is -2.06. The summed E-state index contributed by atoms with van der Waals surface area (Å²) < 4.78 is 5.82. The molecule has 0 saturated heterocycles. The molecule has 0 radical (unpaired) electrons. The van der Waals surface area contributed by atoms with Gasteiger partial charge in [-0.25, -0.2) is 0 Å². The molecule has 1 rings (SSSR count). The number of hydrogen-bond acceptors (Lipinski definition) is 2. The maximum atomic E-state index is 8.52. The van der Waals surface area contributed by atoms with Crippen molar-refractivity contribution in [1.29, 1.82) is 0 Å². The highest BCUT2D eigenvalue weighted by Crippen LogP contribution is 2.34. The van der Waals surface area contributed by atoms with Gasteiger partial charge in [0, 0.05) is 10.5 Å². The third kappa shape index (κ3) is 3.02. The first-order valence-electron chi connectivity index (χ1n) is 3.53. The van der Waals surface area contributed by atoms with Crippen molar-refractivity contribution >= 4 is 39.1 Å². The molecule has 13 heavy (non-hydrogen) atoms.